The molecule has 1 atom stereocenters. The van der Waals surface area contributed by atoms with E-state index in [4.69, 9.17) is 5.73 Å². The van der Waals surface area contributed by atoms with Crippen LogP contribution in [0.15, 0.2) is 46.9 Å². The van der Waals surface area contributed by atoms with Crippen LogP contribution in [0, 0.1) is 6.92 Å². The summed E-state index contributed by atoms with van der Waals surface area (Å²) in [5.41, 5.74) is 9.19. The van der Waals surface area contributed by atoms with Crippen molar-refractivity contribution in [2.75, 3.05) is 5.73 Å². The highest BCUT2D eigenvalue weighted by Gasteiger charge is 2.13. The van der Waals surface area contributed by atoms with E-state index in [9.17, 15) is 4.79 Å². The monoisotopic (exact) mass is 332 g/mol. The number of hydrogen-bond donors (Lipinski definition) is 2. The lowest BCUT2D eigenvalue weighted by Crippen LogP contribution is -2.27. The Morgan fingerprint density at radius 2 is 1.95 bits per heavy atom. The number of carbonyl (C=O) groups is 1. The second-order valence-electron chi connectivity index (χ2n) is 4.79. The predicted molar refractivity (Wildman–Crippen MR) is 85.6 cm³/mol. The van der Waals surface area contributed by atoms with Crippen molar-refractivity contribution in [3.63, 3.8) is 0 Å². The van der Waals surface area contributed by atoms with E-state index in [1.165, 1.54) is 0 Å². The molecule has 0 radical (unpaired) electrons. The molecule has 104 valence electrons. The fourth-order valence-electron chi connectivity index (χ4n) is 2.12. The largest absolute Gasteiger partial charge is 0.398 e. The van der Waals surface area contributed by atoms with Crippen LogP contribution in [0.5, 0.6) is 0 Å². The maximum absolute atomic E-state index is 12.2. The van der Waals surface area contributed by atoms with Crippen molar-refractivity contribution in [1.29, 1.82) is 0 Å². The van der Waals surface area contributed by atoms with E-state index in [0.29, 0.717) is 11.3 Å². The zero-order valence-electron chi connectivity index (χ0n) is 11.5. The van der Waals surface area contributed by atoms with Gasteiger partial charge in [0, 0.05) is 15.7 Å². The van der Waals surface area contributed by atoms with Crippen LogP contribution in [0.4, 0.5) is 5.69 Å². The summed E-state index contributed by atoms with van der Waals surface area (Å²) in [7, 11) is 0. The van der Waals surface area contributed by atoms with Crippen LogP contribution in [0.25, 0.3) is 0 Å². The van der Waals surface area contributed by atoms with Crippen LogP contribution in [-0.4, -0.2) is 5.91 Å². The molecule has 20 heavy (non-hydrogen) atoms. The van der Waals surface area contributed by atoms with Gasteiger partial charge in [-0.2, -0.15) is 0 Å². The van der Waals surface area contributed by atoms with Crippen LogP contribution in [0.2, 0.25) is 0 Å². The van der Waals surface area contributed by atoms with Crippen molar-refractivity contribution in [2.24, 2.45) is 0 Å². The highest BCUT2D eigenvalue weighted by atomic mass is 79.9. The van der Waals surface area contributed by atoms with Crippen LogP contribution in [0.1, 0.15) is 34.5 Å². The average Bonchev–Trinajstić information content (AvgIpc) is 2.42. The summed E-state index contributed by atoms with van der Waals surface area (Å²) in [4.78, 5) is 12.2. The average molecular weight is 333 g/mol. The number of halogens is 1. The number of nitrogen functional groups attached to an aromatic ring is 1. The first-order valence-electron chi connectivity index (χ1n) is 6.40. The molecule has 0 saturated heterocycles. The SMILES string of the molecule is Cc1ccccc1[C@@H](C)NC(=O)c1ccc(Br)c(N)c1. The Kier molecular flexibility index (Phi) is 4.45. The van der Waals surface area contributed by atoms with E-state index in [1.54, 1.807) is 18.2 Å². The number of benzene rings is 2. The number of amides is 1. The maximum atomic E-state index is 12.2. The van der Waals surface area contributed by atoms with Gasteiger partial charge >= 0.3 is 0 Å². The topological polar surface area (TPSA) is 55.1 Å². The van der Waals surface area contributed by atoms with Gasteiger partial charge in [0.15, 0.2) is 0 Å². The molecule has 2 rings (SSSR count). The molecule has 0 aliphatic heterocycles. The summed E-state index contributed by atoms with van der Waals surface area (Å²) in [6.07, 6.45) is 0. The van der Waals surface area contributed by atoms with E-state index in [-0.39, 0.29) is 11.9 Å². The van der Waals surface area contributed by atoms with Gasteiger partial charge in [-0.25, -0.2) is 0 Å². The molecule has 0 aliphatic rings. The lowest BCUT2D eigenvalue weighted by molar-refractivity contribution is 0.0940. The molecule has 3 N–H and O–H groups in total. The lowest BCUT2D eigenvalue weighted by Gasteiger charge is -2.16. The Bertz CT molecular complexity index is 640. The first-order chi connectivity index (χ1) is 9.49. The molecule has 4 heteroatoms. The van der Waals surface area contributed by atoms with Crippen molar-refractivity contribution >= 4 is 27.5 Å². The number of anilines is 1. The number of aryl methyl sites for hydroxylation is 1. The zero-order valence-corrected chi connectivity index (χ0v) is 13.1. The highest BCUT2D eigenvalue weighted by Crippen LogP contribution is 2.21. The van der Waals surface area contributed by atoms with Gasteiger partial charge in [-0.3, -0.25) is 4.79 Å². The second-order valence-corrected chi connectivity index (χ2v) is 5.64. The maximum Gasteiger partial charge on any atom is 0.251 e. The summed E-state index contributed by atoms with van der Waals surface area (Å²) in [5, 5.41) is 2.99. The Balaban J connectivity index is 2.15. The molecule has 0 unspecified atom stereocenters. The Hall–Kier alpha value is -1.81. The van der Waals surface area contributed by atoms with E-state index >= 15 is 0 Å². The zero-order chi connectivity index (χ0) is 14.7. The van der Waals surface area contributed by atoms with Crippen LogP contribution in [0.3, 0.4) is 0 Å². The Morgan fingerprint density at radius 3 is 2.60 bits per heavy atom. The molecule has 0 saturated carbocycles. The summed E-state index contributed by atoms with van der Waals surface area (Å²) in [6.45, 7) is 4.01. The van der Waals surface area contributed by atoms with Crippen molar-refractivity contribution in [3.05, 3.63) is 63.6 Å². The quantitative estimate of drug-likeness (QED) is 0.839. The van der Waals surface area contributed by atoms with Crippen LogP contribution in [-0.2, 0) is 0 Å². The van der Waals surface area contributed by atoms with Crippen LogP contribution < -0.4 is 11.1 Å². The standard InChI is InChI=1S/C16H17BrN2O/c1-10-5-3-4-6-13(10)11(2)19-16(20)12-7-8-14(17)15(18)9-12/h3-9,11H,18H2,1-2H3,(H,19,20)/t11-/m1/s1. The second kappa shape index (κ2) is 6.09. The van der Waals surface area contributed by atoms with Gasteiger partial charge in [0.25, 0.3) is 5.91 Å². The number of rotatable bonds is 3. The Labute approximate surface area is 127 Å². The molecule has 0 bridgehead atoms. The first-order valence-corrected chi connectivity index (χ1v) is 7.19. The molecule has 0 fully saturated rings. The molecule has 0 heterocycles. The third kappa shape index (κ3) is 3.20. The molecule has 0 aliphatic carbocycles. The van der Waals surface area contributed by atoms with Gasteiger partial charge in [0.05, 0.1) is 6.04 Å². The van der Waals surface area contributed by atoms with E-state index in [2.05, 4.69) is 21.2 Å². The summed E-state index contributed by atoms with van der Waals surface area (Å²) in [5.74, 6) is -0.125. The fraction of sp³-hybridized carbons (Fsp3) is 0.188. The first kappa shape index (κ1) is 14.6. The van der Waals surface area contributed by atoms with Crippen molar-refractivity contribution in [1.82, 2.24) is 5.32 Å². The van der Waals surface area contributed by atoms with Gasteiger partial charge in [-0.05, 0) is 59.1 Å². The van der Waals surface area contributed by atoms with E-state index in [0.717, 1.165) is 15.6 Å². The normalized spacial score (nSPS) is 11.9. The minimum absolute atomic E-state index is 0.0476. The smallest absolute Gasteiger partial charge is 0.251 e. The van der Waals surface area contributed by atoms with Crippen molar-refractivity contribution in [2.45, 2.75) is 19.9 Å². The third-order valence-electron chi connectivity index (χ3n) is 3.26. The third-order valence-corrected chi connectivity index (χ3v) is 3.98. The van der Waals surface area contributed by atoms with Crippen LogP contribution >= 0.6 is 15.9 Å². The molecule has 2 aromatic carbocycles. The molecule has 0 spiro atoms. The molecular weight excluding hydrogens is 316 g/mol. The summed E-state index contributed by atoms with van der Waals surface area (Å²) >= 11 is 3.32. The molecule has 3 nitrogen and oxygen atoms in total. The summed E-state index contributed by atoms with van der Waals surface area (Å²) < 4.78 is 0.793. The minimum atomic E-state index is -0.125. The molecule has 0 aromatic heterocycles. The van der Waals surface area contributed by atoms with Gasteiger partial charge in [-0.15, -0.1) is 0 Å². The van der Waals surface area contributed by atoms with Gasteiger partial charge in [0.2, 0.25) is 0 Å². The van der Waals surface area contributed by atoms with E-state index in [1.807, 2.05) is 38.1 Å². The number of nitrogens with two attached hydrogens (primary N) is 1. The molecule has 2 aromatic rings. The fourth-order valence-corrected chi connectivity index (χ4v) is 2.36. The number of nitrogens with one attached hydrogen (secondary N) is 1. The lowest BCUT2D eigenvalue weighted by atomic mass is 10.0. The molecule has 1 amide bonds. The van der Waals surface area contributed by atoms with E-state index < -0.39 is 0 Å². The summed E-state index contributed by atoms with van der Waals surface area (Å²) in [6, 6.07) is 13.2. The van der Waals surface area contributed by atoms with Crippen molar-refractivity contribution < 1.29 is 4.79 Å². The van der Waals surface area contributed by atoms with Gasteiger partial charge in [-0.1, -0.05) is 24.3 Å². The van der Waals surface area contributed by atoms with Gasteiger partial charge in [0.1, 0.15) is 0 Å². The number of hydrogen-bond acceptors (Lipinski definition) is 2. The highest BCUT2D eigenvalue weighted by molar-refractivity contribution is 9.10. The molecular formula is C16H17BrN2O. The van der Waals surface area contributed by atoms with Gasteiger partial charge < -0.3 is 11.1 Å². The minimum Gasteiger partial charge on any atom is -0.398 e. The number of carbonyl (C=O) groups excluding carboxylic acids is 1. The predicted octanol–water partition coefficient (Wildman–Crippen LogP) is 3.83. The van der Waals surface area contributed by atoms with Crippen molar-refractivity contribution in [3.8, 4) is 0 Å². The Morgan fingerprint density at radius 1 is 1.25 bits per heavy atom.